The molecule has 3 rings (SSSR count). The Kier molecular flexibility index (Phi) is 4.54. The lowest BCUT2D eigenvalue weighted by atomic mass is 10.1. The van der Waals surface area contributed by atoms with Crippen LogP contribution in [0.25, 0.3) is 11.5 Å². The van der Waals surface area contributed by atoms with E-state index in [2.05, 4.69) is 21.0 Å². The summed E-state index contributed by atoms with van der Waals surface area (Å²) in [5, 5.41) is 14.2. The van der Waals surface area contributed by atoms with Crippen LogP contribution >= 0.6 is 28.1 Å². The molecule has 1 aliphatic rings. The van der Waals surface area contributed by atoms with Crippen LogP contribution in [-0.2, 0) is 6.67 Å². The van der Waals surface area contributed by atoms with E-state index < -0.39 is 0 Å². The third kappa shape index (κ3) is 3.42. The van der Waals surface area contributed by atoms with Crippen LogP contribution in [0.5, 0.6) is 0 Å². The molecule has 0 bridgehead atoms. The van der Waals surface area contributed by atoms with Gasteiger partial charge in [-0.2, -0.15) is 4.68 Å². The van der Waals surface area contributed by atoms with Gasteiger partial charge < -0.3 is 14.4 Å². The number of rotatable bonds is 3. The Bertz CT molecular complexity index is 685. The molecule has 1 aliphatic heterocycles. The van der Waals surface area contributed by atoms with Gasteiger partial charge in [0.25, 0.3) is 4.84 Å². The zero-order valence-corrected chi connectivity index (χ0v) is 13.9. The van der Waals surface area contributed by atoms with E-state index in [-0.39, 0.29) is 6.10 Å². The van der Waals surface area contributed by atoms with Crippen molar-refractivity contribution >= 4 is 28.1 Å². The molecule has 0 saturated carbocycles. The summed E-state index contributed by atoms with van der Waals surface area (Å²) >= 11 is 8.75. The van der Waals surface area contributed by atoms with E-state index in [0.717, 1.165) is 36.0 Å². The third-order valence-electron chi connectivity index (χ3n) is 3.68. The number of nitrogens with one attached hydrogen (secondary N) is 1. The molecule has 2 N–H and O–H groups in total. The summed E-state index contributed by atoms with van der Waals surface area (Å²) in [5.74, 6) is 0.518. The van der Waals surface area contributed by atoms with E-state index in [0.29, 0.717) is 17.4 Å². The van der Waals surface area contributed by atoms with Crippen LogP contribution in [-0.4, -0.2) is 34.1 Å². The zero-order valence-electron chi connectivity index (χ0n) is 11.5. The van der Waals surface area contributed by atoms with Gasteiger partial charge in [-0.3, -0.25) is 0 Å². The molecule has 2 atom stereocenters. The molecule has 0 aliphatic carbocycles. The van der Waals surface area contributed by atoms with Crippen molar-refractivity contribution in [3.63, 3.8) is 0 Å². The van der Waals surface area contributed by atoms with Crippen molar-refractivity contribution in [2.45, 2.75) is 25.6 Å². The van der Waals surface area contributed by atoms with E-state index in [1.165, 1.54) is 4.90 Å². The summed E-state index contributed by atoms with van der Waals surface area (Å²) in [4.78, 5) is 1.64. The summed E-state index contributed by atoms with van der Waals surface area (Å²) in [6.07, 6.45) is 1.69. The van der Waals surface area contributed by atoms with Gasteiger partial charge in [-0.05, 0) is 53.1 Å². The normalized spacial score (nSPS) is 22.4. The Labute approximate surface area is 136 Å². The van der Waals surface area contributed by atoms with Crippen molar-refractivity contribution in [3.05, 3.63) is 33.6 Å². The topological polar surface area (TPSA) is 55.6 Å². The Hall–Kier alpha value is -1.02. The van der Waals surface area contributed by atoms with Crippen LogP contribution in [0.3, 0.4) is 0 Å². The molecular weight excluding hydrogens is 354 g/mol. The number of aliphatic hydroxyl groups excluding tert-OH is 1. The predicted octanol–water partition coefficient (Wildman–Crippen LogP) is 1.63. The van der Waals surface area contributed by atoms with E-state index in [1.54, 1.807) is 4.68 Å². The molecule has 2 aromatic rings. The highest BCUT2D eigenvalue weighted by atomic mass is 79.9. The van der Waals surface area contributed by atoms with Gasteiger partial charge in [-0.25, -0.2) is 0 Å². The molecule has 21 heavy (non-hydrogen) atoms. The minimum absolute atomic E-state index is 0.224. The molecule has 5 nitrogen and oxygen atoms in total. The fourth-order valence-electron chi connectivity index (χ4n) is 2.63. The van der Waals surface area contributed by atoms with Gasteiger partial charge in [-0.15, -0.1) is 5.10 Å². The van der Waals surface area contributed by atoms with Gasteiger partial charge >= 0.3 is 0 Å². The number of halogens is 1. The van der Waals surface area contributed by atoms with Crippen molar-refractivity contribution in [2.75, 3.05) is 13.1 Å². The fourth-order valence-corrected chi connectivity index (χ4v) is 3.27. The van der Waals surface area contributed by atoms with Crippen LogP contribution in [0.2, 0.25) is 0 Å². The first kappa shape index (κ1) is 14.9. The molecule has 7 heteroatoms. The quantitative estimate of drug-likeness (QED) is 0.806. The minimum atomic E-state index is -0.224. The Morgan fingerprint density at radius 3 is 3.05 bits per heavy atom. The number of benzene rings is 1. The van der Waals surface area contributed by atoms with Crippen LogP contribution in [0, 0.1) is 4.84 Å². The fraction of sp³-hybridized carbons (Fsp3) is 0.429. The molecule has 2 heterocycles. The standard InChI is InChI=1S/C14H16BrN3O2S/c15-12-6-2-1-5-11(12)13-16-18(14(21)20-13)9-17-7-3-4-10(19)8-17/h1-2,5-6,10,19H,3-4,7-9H2/p+1/t10-/m1/s1. The molecule has 1 saturated heterocycles. The van der Waals surface area contributed by atoms with Gasteiger partial charge in [-0.1, -0.05) is 12.1 Å². The number of likely N-dealkylation sites (tertiary alicyclic amines) is 1. The molecule has 0 radical (unpaired) electrons. The first-order valence-electron chi connectivity index (χ1n) is 6.98. The Morgan fingerprint density at radius 2 is 2.29 bits per heavy atom. The molecule has 112 valence electrons. The predicted molar refractivity (Wildman–Crippen MR) is 84.4 cm³/mol. The van der Waals surface area contributed by atoms with Gasteiger partial charge in [0.05, 0.1) is 12.1 Å². The lowest BCUT2D eigenvalue weighted by molar-refractivity contribution is -0.931. The van der Waals surface area contributed by atoms with Crippen LogP contribution < -0.4 is 4.90 Å². The molecule has 0 spiro atoms. The molecular formula is C14H17BrN3O2S+. The van der Waals surface area contributed by atoms with E-state index >= 15 is 0 Å². The van der Waals surface area contributed by atoms with E-state index in [1.807, 2.05) is 24.3 Å². The minimum Gasteiger partial charge on any atom is -0.409 e. The smallest absolute Gasteiger partial charge is 0.292 e. The maximum atomic E-state index is 9.74. The largest absolute Gasteiger partial charge is 0.409 e. The lowest BCUT2D eigenvalue weighted by Gasteiger charge is -2.26. The average molecular weight is 371 g/mol. The van der Waals surface area contributed by atoms with Crippen molar-refractivity contribution < 1.29 is 14.4 Å². The highest BCUT2D eigenvalue weighted by Gasteiger charge is 2.22. The lowest BCUT2D eigenvalue weighted by Crippen LogP contribution is -3.13. The average Bonchev–Trinajstić information content (AvgIpc) is 2.80. The third-order valence-corrected chi connectivity index (χ3v) is 4.66. The SMILES string of the molecule is O[C@@H]1CCC[NH+](Cn2nc(-c3ccccc3Br)oc2=S)C1. The van der Waals surface area contributed by atoms with E-state index in [9.17, 15) is 5.11 Å². The highest BCUT2D eigenvalue weighted by molar-refractivity contribution is 9.10. The van der Waals surface area contributed by atoms with E-state index in [4.69, 9.17) is 16.6 Å². The number of aromatic nitrogens is 2. The van der Waals surface area contributed by atoms with Gasteiger partial charge in [0.1, 0.15) is 12.6 Å². The van der Waals surface area contributed by atoms with Crippen LogP contribution in [0.15, 0.2) is 33.2 Å². The number of piperidine rings is 1. The second-order valence-corrected chi connectivity index (χ2v) is 6.51. The molecule has 1 aromatic heterocycles. The summed E-state index contributed by atoms with van der Waals surface area (Å²) in [6.45, 7) is 2.39. The van der Waals surface area contributed by atoms with Crippen molar-refractivity contribution in [3.8, 4) is 11.5 Å². The summed E-state index contributed by atoms with van der Waals surface area (Å²) in [6, 6.07) is 7.76. The number of hydrogen-bond acceptors (Lipinski definition) is 4. The highest BCUT2D eigenvalue weighted by Crippen LogP contribution is 2.26. The van der Waals surface area contributed by atoms with Crippen molar-refractivity contribution in [2.24, 2.45) is 0 Å². The molecule has 0 amide bonds. The second kappa shape index (κ2) is 6.39. The van der Waals surface area contributed by atoms with Crippen molar-refractivity contribution in [1.82, 2.24) is 9.78 Å². The maximum Gasteiger partial charge on any atom is 0.292 e. The first-order valence-corrected chi connectivity index (χ1v) is 8.18. The monoisotopic (exact) mass is 370 g/mol. The Morgan fingerprint density at radius 1 is 1.48 bits per heavy atom. The first-order chi connectivity index (χ1) is 10.1. The molecule has 1 aromatic carbocycles. The van der Waals surface area contributed by atoms with Gasteiger partial charge in [0.2, 0.25) is 5.89 Å². The number of aliphatic hydroxyl groups is 1. The maximum absolute atomic E-state index is 9.74. The summed E-state index contributed by atoms with van der Waals surface area (Å²) in [7, 11) is 0. The van der Waals surface area contributed by atoms with Crippen molar-refractivity contribution in [1.29, 1.82) is 0 Å². The summed E-state index contributed by atoms with van der Waals surface area (Å²) < 4.78 is 8.24. The van der Waals surface area contributed by atoms with Crippen LogP contribution in [0.1, 0.15) is 12.8 Å². The van der Waals surface area contributed by atoms with Crippen LogP contribution in [0.4, 0.5) is 0 Å². The van der Waals surface area contributed by atoms with Gasteiger partial charge in [0, 0.05) is 4.47 Å². The number of nitrogens with zero attached hydrogens (tertiary/aromatic N) is 2. The molecule has 1 unspecified atom stereocenters. The zero-order chi connectivity index (χ0) is 14.8. The summed E-state index contributed by atoms with van der Waals surface area (Å²) in [5.41, 5.74) is 0.885. The Balaban J connectivity index is 1.82. The number of quaternary nitrogens is 1. The second-order valence-electron chi connectivity index (χ2n) is 5.31. The number of hydrogen-bond donors (Lipinski definition) is 2. The van der Waals surface area contributed by atoms with Gasteiger partial charge in [0.15, 0.2) is 6.67 Å². The molecule has 1 fully saturated rings.